The molecule has 0 saturated carbocycles. The largest absolute Gasteiger partial charge is 0.326 e. The van der Waals surface area contributed by atoms with Crippen LogP contribution in [0.3, 0.4) is 0 Å². The zero-order valence-corrected chi connectivity index (χ0v) is 18.6. The molecular weight excluding hydrogens is 426 g/mol. The molecule has 0 bridgehead atoms. The normalized spacial score (nSPS) is 12.4. The SMILES string of the molecule is Cc1ccc(NC(=O)CCNS(=O)(=O)C=Cc2ccccc2)cc1S(=O)(=O)N(C)C. The number of rotatable bonds is 9. The number of nitrogens with one attached hydrogen (secondary N) is 2. The van der Waals surface area contributed by atoms with Crippen LogP contribution in [0.25, 0.3) is 6.08 Å². The molecule has 0 saturated heterocycles. The molecule has 2 aromatic carbocycles. The second-order valence-corrected chi connectivity index (χ2v) is 10.5. The van der Waals surface area contributed by atoms with Gasteiger partial charge in [0.2, 0.25) is 26.0 Å². The minimum absolute atomic E-state index is 0.0945. The Morgan fingerprint density at radius 3 is 2.33 bits per heavy atom. The average molecular weight is 452 g/mol. The third kappa shape index (κ3) is 6.77. The van der Waals surface area contributed by atoms with E-state index in [0.717, 1.165) is 15.3 Å². The van der Waals surface area contributed by atoms with Crippen molar-refractivity contribution in [3.8, 4) is 0 Å². The fourth-order valence-corrected chi connectivity index (χ4v) is 4.43. The molecule has 0 aromatic heterocycles. The predicted molar refractivity (Wildman–Crippen MR) is 118 cm³/mol. The molecule has 2 aromatic rings. The summed E-state index contributed by atoms with van der Waals surface area (Å²) in [7, 11) is -4.48. The number of carbonyl (C=O) groups is 1. The minimum Gasteiger partial charge on any atom is -0.326 e. The Kier molecular flexibility index (Phi) is 7.90. The van der Waals surface area contributed by atoms with Crippen LogP contribution in [0, 0.1) is 6.92 Å². The third-order valence-electron chi connectivity index (χ3n) is 4.13. The Morgan fingerprint density at radius 1 is 1.03 bits per heavy atom. The summed E-state index contributed by atoms with van der Waals surface area (Å²) in [6.07, 6.45) is 1.35. The van der Waals surface area contributed by atoms with Gasteiger partial charge in [-0.05, 0) is 36.3 Å². The van der Waals surface area contributed by atoms with Crippen LogP contribution < -0.4 is 10.0 Å². The molecule has 0 spiro atoms. The molecule has 0 aliphatic carbocycles. The number of carbonyl (C=O) groups excluding carboxylic acids is 1. The van der Waals surface area contributed by atoms with E-state index >= 15 is 0 Å². The average Bonchev–Trinajstić information content (AvgIpc) is 2.68. The van der Waals surface area contributed by atoms with Crippen molar-refractivity contribution in [2.45, 2.75) is 18.2 Å². The van der Waals surface area contributed by atoms with Crippen LogP contribution in [0.2, 0.25) is 0 Å². The highest BCUT2D eigenvalue weighted by atomic mass is 32.2. The zero-order chi connectivity index (χ0) is 22.4. The highest BCUT2D eigenvalue weighted by Gasteiger charge is 2.20. The third-order valence-corrected chi connectivity index (χ3v) is 7.18. The molecule has 162 valence electrons. The van der Waals surface area contributed by atoms with Crippen molar-refractivity contribution in [1.82, 2.24) is 9.03 Å². The Balaban J connectivity index is 1.94. The number of amides is 1. The standard InChI is InChI=1S/C20H25N3O5S2/c1-16-9-10-18(15-19(16)30(27,28)23(2)3)22-20(24)11-13-21-29(25,26)14-12-17-7-5-4-6-8-17/h4-10,12,14-15,21H,11,13H2,1-3H3,(H,22,24). The summed E-state index contributed by atoms with van der Waals surface area (Å²) >= 11 is 0. The van der Waals surface area contributed by atoms with E-state index < -0.39 is 26.0 Å². The Morgan fingerprint density at radius 2 is 1.70 bits per heavy atom. The molecule has 0 fully saturated rings. The molecule has 0 aliphatic rings. The van der Waals surface area contributed by atoms with Crippen LogP contribution in [0.1, 0.15) is 17.5 Å². The maximum atomic E-state index is 12.4. The van der Waals surface area contributed by atoms with Gasteiger partial charge >= 0.3 is 0 Å². The number of hydrogen-bond donors (Lipinski definition) is 2. The molecule has 8 nitrogen and oxygen atoms in total. The molecule has 0 aliphatic heterocycles. The molecule has 0 unspecified atom stereocenters. The Hall–Kier alpha value is -2.53. The summed E-state index contributed by atoms with van der Waals surface area (Å²) < 4.78 is 52.2. The van der Waals surface area contributed by atoms with Crippen LogP contribution in [0.15, 0.2) is 58.8 Å². The molecule has 1 amide bonds. The number of aryl methyl sites for hydroxylation is 1. The van der Waals surface area contributed by atoms with Gasteiger partial charge in [-0.2, -0.15) is 0 Å². The van der Waals surface area contributed by atoms with Crippen molar-refractivity contribution in [3.05, 3.63) is 65.1 Å². The highest BCUT2D eigenvalue weighted by Crippen LogP contribution is 2.22. The van der Waals surface area contributed by atoms with E-state index in [0.29, 0.717) is 11.3 Å². The first-order valence-electron chi connectivity index (χ1n) is 9.07. The lowest BCUT2D eigenvalue weighted by Crippen LogP contribution is -2.26. The smallest absolute Gasteiger partial charge is 0.242 e. The second kappa shape index (κ2) is 9.98. The van der Waals surface area contributed by atoms with Gasteiger partial charge in [0.05, 0.1) is 4.90 Å². The zero-order valence-electron chi connectivity index (χ0n) is 17.0. The van der Waals surface area contributed by atoms with Gasteiger partial charge in [-0.25, -0.2) is 25.9 Å². The lowest BCUT2D eigenvalue weighted by Gasteiger charge is -2.15. The molecule has 0 atom stereocenters. The summed E-state index contributed by atoms with van der Waals surface area (Å²) in [6, 6.07) is 13.5. The van der Waals surface area contributed by atoms with Crippen molar-refractivity contribution in [3.63, 3.8) is 0 Å². The molecule has 2 rings (SSSR count). The van der Waals surface area contributed by atoms with Crippen LogP contribution in [-0.2, 0) is 24.8 Å². The van der Waals surface area contributed by atoms with Gasteiger partial charge in [-0.3, -0.25) is 4.79 Å². The van der Waals surface area contributed by atoms with Crippen LogP contribution in [0.5, 0.6) is 0 Å². The van der Waals surface area contributed by atoms with Gasteiger partial charge in [-0.15, -0.1) is 0 Å². The van der Waals surface area contributed by atoms with Gasteiger partial charge in [0.25, 0.3) is 0 Å². The van der Waals surface area contributed by atoms with E-state index in [2.05, 4.69) is 10.0 Å². The van der Waals surface area contributed by atoms with E-state index in [1.165, 1.54) is 26.2 Å². The molecule has 0 radical (unpaired) electrons. The maximum absolute atomic E-state index is 12.4. The van der Waals surface area contributed by atoms with E-state index in [1.807, 2.05) is 6.07 Å². The lowest BCUT2D eigenvalue weighted by molar-refractivity contribution is -0.116. The van der Waals surface area contributed by atoms with Crippen molar-refractivity contribution < 1.29 is 21.6 Å². The van der Waals surface area contributed by atoms with Crippen LogP contribution in [0.4, 0.5) is 5.69 Å². The van der Waals surface area contributed by atoms with Crippen molar-refractivity contribution in [1.29, 1.82) is 0 Å². The minimum atomic E-state index is -3.68. The van der Waals surface area contributed by atoms with Crippen molar-refractivity contribution in [2.75, 3.05) is 26.0 Å². The Labute approximate surface area is 177 Å². The predicted octanol–water partition coefficient (Wildman–Crippen LogP) is 2.16. The summed E-state index contributed by atoms with van der Waals surface area (Å²) in [5.74, 6) is -0.443. The number of sulfonamides is 2. The van der Waals surface area contributed by atoms with Crippen LogP contribution >= 0.6 is 0 Å². The summed E-state index contributed by atoms with van der Waals surface area (Å²) in [4.78, 5) is 12.2. The summed E-state index contributed by atoms with van der Waals surface area (Å²) in [6.45, 7) is 1.57. The summed E-state index contributed by atoms with van der Waals surface area (Å²) in [5.41, 5.74) is 1.61. The monoisotopic (exact) mass is 451 g/mol. The molecule has 10 heteroatoms. The first kappa shape index (κ1) is 23.7. The lowest BCUT2D eigenvalue weighted by atomic mass is 10.2. The van der Waals surface area contributed by atoms with E-state index in [4.69, 9.17) is 0 Å². The van der Waals surface area contributed by atoms with Crippen LogP contribution in [-0.4, -0.2) is 47.7 Å². The topological polar surface area (TPSA) is 113 Å². The molecular formula is C20H25N3O5S2. The van der Waals surface area contributed by atoms with Gasteiger partial charge in [0.1, 0.15) is 0 Å². The van der Waals surface area contributed by atoms with Crippen molar-refractivity contribution >= 4 is 37.7 Å². The number of nitrogens with zero attached hydrogens (tertiary/aromatic N) is 1. The van der Waals surface area contributed by atoms with Crippen molar-refractivity contribution in [2.24, 2.45) is 0 Å². The molecule has 2 N–H and O–H groups in total. The quantitative estimate of drug-likeness (QED) is 0.607. The Bertz CT molecular complexity index is 1130. The van der Waals surface area contributed by atoms with E-state index in [9.17, 15) is 21.6 Å². The number of benzene rings is 2. The van der Waals surface area contributed by atoms with Gasteiger partial charge in [-0.1, -0.05) is 36.4 Å². The number of hydrogen-bond acceptors (Lipinski definition) is 5. The number of anilines is 1. The molecule has 30 heavy (non-hydrogen) atoms. The van der Waals surface area contributed by atoms with Gasteiger partial charge in [0, 0.05) is 38.2 Å². The fourth-order valence-electron chi connectivity index (χ4n) is 2.46. The maximum Gasteiger partial charge on any atom is 0.242 e. The fraction of sp³-hybridized carbons (Fsp3) is 0.250. The summed E-state index contributed by atoms with van der Waals surface area (Å²) in [5, 5.41) is 3.63. The highest BCUT2D eigenvalue weighted by molar-refractivity contribution is 7.92. The van der Waals surface area contributed by atoms with E-state index in [1.54, 1.807) is 43.3 Å². The van der Waals surface area contributed by atoms with Gasteiger partial charge < -0.3 is 5.32 Å². The van der Waals surface area contributed by atoms with E-state index in [-0.39, 0.29) is 17.9 Å². The van der Waals surface area contributed by atoms with Gasteiger partial charge in [0.15, 0.2) is 0 Å². The second-order valence-electron chi connectivity index (χ2n) is 6.72. The first-order valence-corrected chi connectivity index (χ1v) is 12.1. The molecule has 0 heterocycles. The first-order chi connectivity index (χ1) is 14.0.